The van der Waals surface area contributed by atoms with Crippen molar-refractivity contribution in [1.82, 2.24) is 9.88 Å². The monoisotopic (exact) mass is 316 g/mol. The van der Waals surface area contributed by atoms with Gasteiger partial charge in [0.25, 0.3) is 0 Å². The number of allylic oxidation sites excluding steroid dienone is 5. The Morgan fingerprint density at radius 1 is 1.09 bits per heavy atom. The van der Waals surface area contributed by atoms with Crippen molar-refractivity contribution in [2.75, 3.05) is 13.1 Å². The van der Waals surface area contributed by atoms with Crippen molar-refractivity contribution in [2.24, 2.45) is 11.8 Å². The molecular weight excluding hydrogens is 284 g/mol. The average molecular weight is 317 g/mol. The zero-order valence-corrected chi connectivity index (χ0v) is 15.9. The van der Waals surface area contributed by atoms with Crippen molar-refractivity contribution < 1.29 is 0 Å². The molecule has 2 aliphatic carbocycles. The van der Waals surface area contributed by atoms with Gasteiger partial charge in [-0.05, 0) is 45.1 Å². The van der Waals surface area contributed by atoms with Crippen molar-refractivity contribution >= 4 is 8.24 Å². The average Bonchev–Trinajstić information content (AvgIpc) is 3.02. The topological polar surface area (TPSA) is 15.3 Å². The van der Waals surface area contributed by atoms with Crippen molar-refractivity contribution in [3.8, 4) is 0 Å². The highest BCUT2D eigenvalue weighted by molar-refractivity contribution is 6.77. The van der Waals surface area contributed by atoms with Crippen molar-refractivity contribution in [1.29, 1.82) is 0 Å². The largest absolute Gasteiger partial charge is 0.375 e. The van der Waals surface area contributed by atoms with E-state index >= 15 is 0 Å². The third-order valence-corrected chi connectivity index (χ3v) is 8.90. The molecule has 0 bridgehead atoms. The van der Waals surface area contributed by atoms with Gasteiger partial charge in [0.15, 0.2) is 0 Å². The third kappa shape index (κ3) is 3.11. The second-order valence-electron chi connectivity index (χ2n) is 8.78. The molecule has 3 aliphatic rings. The summed E-state index contributed by atoms with van der Waals surface area (Å²) in [6, 6.07) is 0. The number of hydrogen-bond acceptors (Lipinski definition) is 2. The number of fused-ring (bicyclic) bond motifs is 1. The third-order valence-electron chi connectivity index (χ3n) is 5.29. The molecule has 3 heteroatoms. The van der Waals surface area contributed by atoms with Gasteiger partial charge in [-0.1, -0.05) is 43.5 Å². The normalized spacial score (nSPS) is 31.6. The molecule has 0 aromatic carbocycles. The Labute approximate surface area is 137 Å². The first-order valence-corrected chi connectivity index (χ1v) is 12.0. The highest BCUT2D eigenvalue weighted by Gasteiger charge is 2.46. The van der Waals surface area contributed by atoms with Gasteiger partial charge in [-0.3, -0.25) is 0 Å². The fourth-order valence-corrected chi connectivity index (χ4v) is 8.67. The minimum Gasteiger partial charge on any atom is -0.375 e. The van der Waals surface area contributed by atoms with Gasteiger partial charge in [0, 0.05) is 30.2 Å². The molecule has 0 radical (unpaired) electrons. The molecule has 1 aliphatic heterocycles. The van der Waals surface area contributed by atoms with Crippen LogP contribution in [0.25, 0.3) is 0 Å². The highest BCUT2D eigenvalue weighted by atomic mass is 28.3. The first kappa shape index (κ1) is 16.1. The van der Waals surface area contributed by atoms with E-state index in [0.717, 1.165) is 0 Å². The van der Waals surface area contributed by atoms with Crippen LogP contribution in [0, 0.1) is 11.8 Å². The van der Waals surface area contributed by atoms with Gasteiger partial charge < -0.3 is 9.88 Å². The SMILES string of the molecule is CC(C)(C)N[Si](C)(C)C1C=C(N2CCCC2)C2C=CC=CC21. The lowest BCUT2D eigenvalue weighted by molar-refractivity contribution is 0.372. The Morgan fingerprint density at radius 3 is 2.36 bits per heavy atom. The van der Waals surface area contributed by atoms with Gasteiger partial charge >= 0.3 is 0 Å². The molecule has 3 rings (SSSR count). The summed E-state index contributed by atoms with van der Waals surface area (Å²) in [5.41, 5.74) is 2.50. The molecule has 3 unspecified atom stereocenters. The molecule has 122 valence electrons. The Bertz CT molecular complexity index is 504. The zero-order valence-electron chi connectivity index (χ0n) is 14.9. The van der Waals surface area contributed by atoms with E-state index in [4.69, 9.17) is 0 Å². The minimum absolute atomic E-state index is 0.198. The van der Waals surface area contributed by atoms with Gasteiger partial charge in [0.05, 0.1) is 0 Å². The molecule has 1 N–H and O–H groups in total. The van der Waals surface area contributed by atoms with E-state index < -0.39 is 8.24 Å². The molecule has 1 fully saturated rings. The first-order valence-electron chi connectivity index (χ1n) is 8.89. The fraction of sp³-hybridized carbons (Fsp3) is 0.684. The second-order valence-corrected chi connectivity index (χ2v) is 13.1. The minimum atomic E-state index is -1.54. The number of likely N-dealkylation sites (tertiary alicyclic amines) is 1. The van der Waals surface area contributed by atoms with Crippen LogP contribution >= 0.6 is 0 Å². The number of nitrogens with zero attached hydrogens (tertiary/aromatic N) is 1. The van der Waals surface area contributed by atoms with Crippen LogP contribution in [0.15, 0.2) is 36.1 Å². The first-order chi connectivity index (χ1) is 10.3. The van der Waals surface area contributed by atoms with E-state index in [1.165, 1.54) is 25.9 Å². The molecule has 22 heavy (non-hydrogen) atoms. The lowest BCUT2D eigenvalue weighted by Gasteiger charge is -2.40. The molecule has 0 spiro atoms. The summed E-state index contributed by atoms with van der Waals surface area (Å²) >= 11 is 0. The van der Waals surface area contributed by atoms with Crippen LogP contribution in [0.1, 0.15) is 33.6 Å². The maximum Gasteiger partial charge on any atom is 0.127 e. The maximum absolute atomic E-state index is 4.00. The van der Waals surface area contributed by atoms with Crippen LogP contribution < -0.4 is 4.98 Å². The van der Waals surface area contributed by atoms with Gasteiger partial charge in [-0.25, -0.2) is 0 Å². The van der Waals surface area contributed by atoms with Gasteiger partial charge in [-0.2, -0.15) is 0 Å². The van der Waals surface area contributed by atoms with Crippen LogP contribution in [-0.4, -0.2) is 31.8 Å². The maximum atomic E-state index is 4.00. The van der Waals surface area contributed by atoms with E-state index in [0.29, 0.717) is 17.4 Å². The Hall–Kier alpha value is -0.803. The standard InChI is InChI=1S/C19H32N2Si/c1-19(2,3)20-22(4,5)18-14-17(21-12-8-9-13-21)15-10-6-7-11-16(15)18/h6-7,10-11,14-16,18,20H,8-9,12-13H2,1-5H3. The van der Waals surface area contributed by atoms with E-state index in [-0.39, 0.29) is 5.54 Å². The number of hydrogen-bond donors (Lipinski definition) is 1. The molecule has 0 aromatic heterocycles. The van der Waals surface area contributed by atoms with Gasteiger partial charge in [0.1, 0.15) is 8.24 Å². The van der Waals surface area contributed by atoms with Crippen LogP contribution in [0.2, 0.25) is 18.6 Å². The van der Waals surface area contributed by atoms with Gasteiger partial charge in [-0.15, -0.1) is 0 Å². The number of rotatable bonds is 3. The zero-order chi connectivity index (χ0) is 16.0. The molecule has 2 nitrogen and oxygen atoms in total. The number of nitrogens with one attached hydrogen (secondary N) is 1. The van der Waals surface area contributed by atoms with E-state index in [2.05, 4.69) is 74.1 Å². The van der Waals surface area contributed by atoms with Crippen LogP contribution in [0.4, 0.5) is 0 Å². The van der Waals surface area contributed by atoms with Crippen molar-refractivity contribution in [3.63, 3.8) is 0 Å². The molecule has 1 heterocycles. The summed E-state index contributed by atoms with van der Waals surface area (Å²) in [4.78, 5) is 6.65. The lowest BCUT2D eigenvalue weighted by atomic mass is 9.89. The molecule has 0 amide bonds. The summed E-state index contributed by atoms with van der Waals surface area (Å²) in [7, 11) is -1.54. The van der Waals surface area contributed by atoms with E-state index in [1.807, 2.05) is 0 Å². The predicted molar refractivity (Wildman–Crippen MR) is 98.3 cm³/mol. The van der Waals surface area contributed by atoms with Crippen LogP contribution in [-0.2, 0) is 0 Å². The smallest absolute Gasteiger partial charge is 0.127 e. The second kappa shape index (κ2) is 5.68. The van der Waals surface area contributed by atoms with Gasteiger partial charge in [0.2, 0.25) is 0 Å². The molecule has 0 aromatic rings. The highest BCUT2D eigenvalue weighted by Crippen LogP contribution is 2.49. The van der Waals surface area contributed by atoms with Crippen molar-refractivity contribution in [2.45, 2.75) is 57.8 Å². The summed E-state index contributed by atoms with van der Waals surface area (Å²) in [6.07, 6.45) is 14.8. The van der Waals surface area contributed by atoms with Crippen LogP contribution in [0.5, 0.6) is 0 Å². The molecule has 0 saturated carbocycles. The summed E-state index contributed by atoms with van der Waals surface area (Å²) < 4.78 is 0. The van der Waals surface area contributed by atoms with Crippen LogP contribution in [0.3, 0.4) is 0 Å². The van der Waals surface area contributed by atoms with E-state index in [9.17, 15) is 0 Å². The fourth-order valence-electron chi connectivity index (χ4n) is 4.70. The lowest BCUT2D eigenvalue weighted by Crippen LogP contribution is -2.57. The summed E-state index contributed by atoms with van der Waals surface area (Å²) in [5.74, 6) is 1.28. The molecule has 3 atom stereocenters. The Kier molecular flexibility index (Phi) is 4.15. The summed E-state index contributed by atoms with van der Waals surface area (Å²) in [5, 5.41) is 0. The molecular formula is C19H32N2Si. The Morgan fingerprint density at radius 2 is 1.73 bits per heavy atom. The Balaban J connectivity index is 1.89. The van der Waals surface area contributed by atoms with Crippen molar-refractivity contribution in [3.05, 3.63) is 36.1 Å². The quantitative estimate of drug-likeness (QED) is 0.781. The predicted octanol–water partition coefficient (Wildman–Crippen LogP) is 4.30. The summed E-state index contributed by atoms with van der Waals surface area (Å²) in [6.45, 7) is 14.4. The molecule has 1 saturated heterocycles. The van der Waals surface area contributed by atoms with E-state index in [1.54, 1.807) is 5.70 Å².